The number of nitrogens with two attached hydrogens (primary N) is 1. The topological polar surface area (TPSA) is 162 Å². The zero-order valence-corrected chi connectivity index (χ0v) is 21.8. The standard InChI is InChI=1S/C27H31FN8O3/c1-27(2,39)24(28)12-32-25(37)20-11-31-22(23-4-3-19-5-15(9-29)10-33-36(19)23)8-21(20)34-18-6-16-13-35(26(30)38)14-17(16)7-18/h3-5,8,10-11,16-18,24,39H,6-7,12-14H2,1-2H3,(H2,30,38)(H,31,34)(H,32,37)/t16-,17+,18+,24-/m1/s1. The molecule has 3 aromatic rings. The predicted octanol–water partition coefficient (Wildman–Crippen LogP) is 2.31. The number of anilines is 1. The van der Waals surface area contributed by atoms with Crippen LogP contribution in [0.2, 0.25) is 0 Å². The monoisotopic (exact) mass is 534 g/mol. The van der Waals surface area contributed by atoms with Gasteiger partial charge in [0.1, 0.15) is 12.2 Å². The van der Waals surface area contributed by atoms with Gasteiger partial charge in [-0.25, -0.2) is 13.7 Å². The summed E-state index contributed by atoms with van der Waals surface area (Å²) >= 11 is 0. The zero-order valence-electron chi connectivity index (χ0n) is 21.8. The number of pyridine rings is 1. The number of carbonyl (C=O) groups excluding carboxylic acids is 2. The molecule has 3 aromatic heterocycles. The molecule has 1 saturated carbocycles. The molecule has 11 nitrogen and oxygen atoms in total. The lowest BCUT2D eigenvalue weighted by Crippen LogP contribution is -2.42. The Morgan fingerprint density at radius 3 is 2.62 bits per heavy atom. The van der Waals surface area contributed by atoms with E-state index in [1.165, 1.54) is 26.2 Å². The van der Waals surface area contributed by atoms with Crippen LogP contribution in [0.1, 0.15) is 42.6 Å². The van der Waals surface area contributed by atoms with Gasteiger partial charge in [0.25, 0.3) is 5.91 Å². The van der Waals surface area contributed by atoms with Crippen LogP contribution < -0.4 is 16.4 Å². The Morgan fingerprint density at radius 2 is 1.97 bits per heavy atom. The molecule has 0 aromatic carbocycles. The van der Waals surface area contributed by atoms with Crippen molar-refractivity contribution in [3.05, 3.63) is 47.8 Å². The summed E-state index contributed by atoms with van der Waals surface area (Å²) in [7, 11) is 0. The highest BCUT2D eigenvalue weighted by molar-refractivity contribution is 6.00. The molecule has 12 heteroatoms. The van der Waals surface area contributed by atoms with Crippen molar-refractivity contribution in [2.45, 2.75) is 44.5 Å². The first-order valence-corrected chi connectivity index (χ1v) is 12.9. The third kappa shape index (κ3) is 5.35. The lowest BCUT2D eigenvalue weighted by Gasteiger charge is -2.23. The Labute approximate surface area is 224 Å². The smallest absolute Gasteiger partial charge is 0.314 e. The van der Waals surface area contributed by atoms with Crippen LogP contribution in [0.5, 0.6) is 0 Å². The van der Waals surface area contributed by atoms with Crippen LogP contribution in [-0.2, 0) is 0 Å². The molecule has 2 fully saturated rings. The van der Waals surface area contributed by atoms with Gasteiger partial charge in [-0.1, -0.05) is 0 Å². The molecule has 3 amide bonds. The number of carbonyl (C=O) groups is 2. The van der Waals surface area contributed by atoms with Gasteiger partial charge in [0.05, 0.1) is 52.1 Å². The highest BCUT2D eigenvalue weighted by Crippen LogP contribution is 2.40. The number of nitrogens with zero attached hydrogens (tertiary/aromatic N) is 5. The lowest BCUT2D eigenvalue weighted by molar-refractivity contribution is -0.00177. The van der Waals surface area contributed by atoms with Crippen LogP contribution in [0.25, 0.3) is 16.9 Å². The van der Waals surface area contributed by atoms with Gasteiger partial charge >= 0.3 is 6.03 Å². The summed E-state index contributed by atoms with van der Waals surface area (Å²) in [6.45, 7) is 3.58. The van der Waals surface area contributed by atoms with E-state index < -0.39 is 23.7 Å². The Kier molecular flexibility index (Phi) is 6.86. The van der Waals surface area contributed by atoms with Crippen molar-refractivity contribution >= 4 is 23.1 Å². The number of nitriles is 1. The van der Waals surface area contributed by atoms with E-state index in [4.69, 9.17) is 5.73 Å². The lowest BCUT2D eigenvalue weighted by atomic mass is 10.0. The molecule has 0 unspecified atom stereocenters. The number of halogens is 1. The van der Waals surface area contributed by atoms with Gasteiger partial charge in [0, 0.05) is 25.3 Å². The number of hydrogen-bond acceptors (Lipinski definition) is 7. The van der Waals surface area contributed by atoms with E-state index in [1.807, 2.05) is 12.1 Å². The minimum Gasteiger partial charge on any atom is -0.387 e. The fourth-order valence-electron chi connectivity index (χ4n) is 5.50. The number of rotatable bonds is 7. The van der Waals surface area contributed by atoms with Gasteiger partial charge in [0.2, 0.25) is 0 Å². The third-order valence-corrected chi connectivity index (χ3v) is 7.67. The first-order chi connectivity index (χ1) is 18.5. The molecule has 0 radical (unpaired) electrons. The van der Waals surface area contributed by atoms with Crippen molar-refractivity contribution in [1.29, 1.82) is 5.26 Å². The van der Waals surface area contributed by atoms with Crippen LogP contribution in [0.3, 0.4) is 0 Å². The summed E-state index contributed by atoms with van der Waals surface area (Å²) in [5.74, 6) is 0.125. The molecular weight excluding hydrogens is 503 g/mol. The number of nitrogens with one attached hydrogen (secondary N) is 2. The highest BCUT2D eigenvalue weighted by atomic mass is 19.1. The van der Waals surface area contributed by atoms with Gasteiger partial charge in [-0.15, -0.1) is 0 Å². The number of alkyl halides is 1. The normalized spacial score (nSPS) is 21.4. The van der Waals surface area contributed by atoms with Gasteiger partial charge in [-0.3, -0.25) is 9.78 Å². The number of aromatic nitrogens is 3. The number of likely N-dealkylation sites (tertiary alicyclic amines) is 1. The summed E-state index contributed by atoms with van der Waals surface area (Å²) in [5, 5.41) is 29.5. The molecular formula is C27H31FN8O3. The second-order valence-electron chi connectivity index (χ2n) is 10.9. The minimum absolute atomic E-state index is 0.0579. The van der Waals surface area contributed by atoms with Crippen LogP contribution >= 0.6 is 0 Å². The summed E-state index contributed by atoms with van der Waals surface area (Å²) in [5.41, 5.74) is 7.06. The largest absolute Gasteiger partial charge is 0.387 e. The summed E-state index contributed by atoms with van der Waals surface area (Å²) in [6, 6.07) is 8.89. The molecule has 4 heterocycles. The minimum atomic E-state index is -1.65. The highest BCUT2D eigenvalue weighted by Gasteiger charge is 2.42. The van der Waals surface area contributed by atoms with E-state index in [0.29, 0.717) is 47.6 Å². The summed E-state index contributed by atoms with van der Waals surface area (Å²) < 4.78 is 16.0. The van der Waals surface area contributed by atoms with Crippen LogP contribution in [0.15, 0.2) is 36.7 Å². The van der Waals surface area contributed by atoms with E-state index in [2.05, 4.69) is 26.8 Å². The second kappa shape index (κ2) is 10.1. The molecule has 0 bridgehead atoms. The van der Waals surface area contributed by atoms with Crippen LogP contribution in [-0.4, -0.2) is 74.0 Å². The fourth-order valence-corrected chi connectivity index (χ4v) is 5.50. The number of aliphatic hydroxyl groups is 1. The average Bonchev–Trinajstić information content (AvgIpc) is 3.59. The van der Waals surface area contributed by atoms with Crippen molar-refractivity contribution < 1.29 is 19.1 Å². The number of fused-ring (bicyclic) bond motifs is 2. The van der Waals surface area contributed by atoms with Crippen molar-refractivity contribution in [3.8, 4) is 17.5 Å². The first kappa shape index (κ1) is 26.4. The van der Waals surface area contributed by atoms with E-state index in [-0.39, 0.29) is 18.2 Å². The predicted molar refractivity (Wildman–Crippen MR) is 141 cm³/mol. The van der Waals surface area contributed by atoms with E-state index in [1.54, 1.807) is 21.5 Å². The zero-order chi connectivity index (χ0) is 27.9. The molecule has 5 N–H and O–H groups in total. The van der Waals surface area contributed by atoms with Crippen molar-refractivity contribution in [2.24, 2.45) is 17.6 Å². The molecule has 39 heavy (non-hydrogen) atoms. The second-order valence-corrected chi connectivity index (χ2v) is 10.9. The Balaban J connectivity index is 1.42. The maximum absolute atomic E-state index is 14.3. The van der Waals surface area contributed by atoms with Gasteiger partial charge in [-0.2, -0.15) is 10.4 Å². The molecule has 5 rings (SSSR count). The van der Waals surface area contributed by atoms with Crippen molar-refractivity contribution in [2.75, 3.05) is 25.0 Å². The van der Waals surface area contributed by atoms with Crippen molar-refractivity contribution in [3.63, 3.8) is 0 Å². The molecule has 1 aliphatic heterocycles. The molecule has 1 aliphatic carbocycles. The number of hydrogen-bond donors (Lipinski definition) is 4. The summed E-state index contributed by atoms with van der Waals surface area (Å²) in [6.07, 6.45) is 2.89. The maximum Gasteiger partial charge on any atom is 0.314 e. The quantitative estimate of drug-likeness (QED) is 0.362. The molecule has 0 spiro atoms. The number of amides is 3. The van der Waals surface area contributed by atoms with E-state index in [0.717, 1.165) is 18.4 Å². The van der Waals surface area contributed by atoms with E-state index in [9.17, 15) is 24.3 Å². The third-order valence-electron chi connectivity index (χ3n) is 7.67. The van der Waals surface area contributed by atoms with Crippen LogP contribution in [0.4, 0.5) is 14.9 Å². The first-order valence-electron chi connectivity index (χ1n) is 12.9. The van der Waals surface area contributed by atoms with E-state index >= 15 is 0 Å². The molecule has 1 saturated heterocycles. The molecule has 4 atom stereocenters. The number of urea groups is 1. The number of primary amides is 1. The Bertz CT molecular complexity index is 1450. The maximum atomic E-state index is 14.3. The SMILES string of the molecule is CC(C)(O)[C@H](F)CNC(=O)c1cnc(-c2ccc3cc(C#N)cnn23)cc1N[C@H]1C[C@@H]2CN(C(N)=O)C[C@@H]2C1. The average molecular weight is 535 g/mol. The van der Waals surface area contributed by atoms with Gasteiger partial charge in [-0.05, 0) is 62.8 Å². The molecule has 2 aliphatic rings. The van der Waals surface area contributed by atoms with Crippen molar-refractivity contribution in [1.82, 2.24) is 24.8 Å². The molecule has 204 valence electrons. The fraction of sp³-hybridized carbons (Fsp3) is 0.444. The Morgan fingerprint density at radius 1 is 1.26 bits per heavy atom. The summed E-state index contributed by atoms with van der Waals surface area (Å²) in [4.78, 5) is 30.9. The van der Waals surface area contributed by atoms with Crippen LogP contribution in [0, 0.1) is 23.2 Å². The Hall–Kier alpha value is -4.24. The van der Waals surface area contributed by atoms with Gasteiger partial charge in [0.15, 0.2) is 0 Å². The van der Waals surface area contributed by atoms with Gasteiger partial charge < -0.3 is 26.4 Å².